The molecule has 2 heterocycles. The van der Waals surface area contributed by atoms with Gasteiger partial charge in [0.1, 0.15) is 12.4 Å². The van der Waals surface area contributed by atoms with Gasteiger partial charge in [0.2, 0.25) is 0 Å². The molecule has 5 nitrogen and oxygen atoms in total. The highest BCUT2D eigenvalue weighted by Gasteiger charge is 2.26. The van der Waals surface area contributed by atoms with Crippen molar-refractivity contribution < 1.29 is 14.2 Å². The Kier molecular flexibility index (Phi) is 6.96. The van der Waals surface area contributed by atoms with Crippen molar-refractivity contribution in [2.45, 2.75) is 39.3 Å². The van der Waals surface area contributed by atoms with Gasteiger partial charge in [-0.1, -0.05) is 50.2 Å². The van der Waals surface area contributed by atoms with Gasteiger partial charge in [0.25, 0.3) is 0 Å². The van der Waals surface area contributed by atoms with E-state index in [0.29, 0.717) is 19.1 Å². The second kappa shape index (κ2) is 10.4. The lowest BCUT2D eigenvalue weighted by Crippen LogP contribution is -2.30. The van der Waals surface area contributed by atoms with Gasteiger partial charge in [-0.15, -0.1) is 0 Å². The number of nitrogens with one attached hydrogen (secondary N) is 2. The Hall–Kier alpha value is -3.44. The molecule has 4 aromatic rings. The second-order valence-electron chi connectivity index (χ2n) is 9.58. The number of benzene rings is 3. The Morgan fingerprint density at radius 3 is 2.60 bits per heavy atom. The number of ether oxygens (including phenoxy) is 3. The first-order valence-corrected chi connectivity index (χ1v) is 12.5. The van der Waals surface area contributed by atoms with Crippen LogP contribution < -0.4 is 19.5 Å². The molecule has 0 bridgehead atoms. The van der Waals surface area contributed by atoms with Crippen molar-refractivity contribution in [2.75, 3.05) is 20.3 Å². The SMILES string of the molecule is COc1cc(C2NCCc3c2[nH]c2ccc(OCc4ccccc4)cc32)ccc1OCCC(C)C. The molecule has 1 aliphatic rings. The van der Waals surface area contributed by atoms with Gasteiger partial charge in [-0.2, -0.15) is 0 Å². The lowest BCUT2D eigenvalue weighted by atomic mass is 9.94. The summed E-state index contributed by atoms with van der Waals surface area (Å²) in [5.74, 6) is 3.07. The normalized spacial score (nSPS) is 15.3. The van der Waals surface area contributed by atoms with Crippen LogP contribution in [0, 0.1) is 5.92 Å². The van der Waals surface area contributed by atoms with Crippen LogP contribution in [0.4, 0.5) is 0 Å². The summed E-state index contributed by atoms with van der Waals surface area (Å²) in [6.45, 7) is 6.57. The summed E-state index contributed by atoms with van der Waals surface area (Å²) < 4.78 is 17.8. The molecule has 1 unspecified atom stereocenters. The molecule has 3 aromatic carbocycles. The van der Waals surface area contributed by atoms with Crippen molar-refractivity contribution in [2.24, 2.45) is 5.92 Å². The molecule has 35 heavy (non-hydrogen) atoms. The molecule has 1 aromatic heterocycles. The second-order valence-corrected chi connectivity index (χ2v) is 9.58. The summed E-state index contributed by atoms with van der Waals surface area (Å²) in [6.07, 6.45) is 1.99. The molecule has 1 aliphatic heterocycles. The number of hydrogen-bond acceptors (Lipinski definition) is 4. The van der Waals surface area contributed by atoms with E-state index in [4.69, 9.17) is 14.2 Å². The maximum atomic E-state index is 6.10. The van der Waals surface area contributed by atoms with E-state index < -0.39 is 0 Å². The highest BCUT2D eigenvalue weighted by Crippen LogP contribution is 2.38. The summed E-state index contributed by atoms with van der Waals surface area (Å²) in [4.78, 5) is 3.67. The Balaban J connectivity index is 1.39. The minimum atomic E-state index is 0.0680. The first-order chi connectivity index (χ1) is 17.1. The largest absolute Gasteiger partial charge is 0.493 e. The molecule has 0 spiro atoms. The third-order valence-corrected chi connectivity index (χ3v) is 6.64. The molecule has 0 saturated carbocycles. The Morgan fingerprint density at radius 2 is 1.80 bits per heavy atom. The number of rotatable bonds is 9. The monoisotopic (exact) mass is 470 g/mol. The molecule has 0 radical (unpaired) electrons. The van der Waals surface area contributed by atoms with E-state index in [9.17, 15) is 0 Å². The Morgan fingerprint density at radius 1 is 0.943 bits per heavy atom. The lowest BCUT2D eigenvalue weighted by molar-refractivity contribution is 0.272. The zero-order chi connectivity index (χ0) is 24.2. The fourth-order valence-electron chi connectivity index (χ4n) is 4.71. The average molecular weight is 471 g/mol. The van der Waals surface area contributed by atoms with Gasteiger partial charge in [-0.05, 0) is 65.8 Å². The first-order valence-electron chi connectivity index (χ1n) is 12.5. The van der Waals surface area contributed by atoms with Crippen molar-refractivity contribution in [1.82, 2.24) is 10.3 Å². The number of methoxy groups -OCH3 is 1. The minimum Gasteiger partial charge on any atom is -0.493 e. The first kappa shape index (κ1) is 23.3. The molecule has 1 atom stereocenters. The topological polar surface area (TPSA) is 55.5 Å². The summed E-state index contributed by atoms with van der Waals surface area (Å²) in [7, 11) is 1.70. The van der Waals surface area contributed by atoms with Gasteiger partial charge < -0.3 is 24.5 Å². The van der Waals surface area contributed by atoms with Crippen LogP contribution in [-0.4, -0.2) is 25.2 Å². The van der Waals surface area contributed by atoms with Gasteiger partial charge in [-0.3, -0.25) is 0 Å². The van der Waals surface area contributed by atoms with Crippen molar-refractivity contribution >= 4 is 10.9 Å². The van der Waals surface area contributed by atoms with Crippen LogP contribution in [0.2, 0.25) is 0 Å². The zero-order valence-electron chi connectivity index (χ0n) is 20.8. The summed E-state index contributed by atoms with van der Waals surface area (Å²) >= 11 is 0. The smallest absolute Gasteiger partial charge is 0.161 e. The number of fused-ring (bicyclic) bond motifs is 3. The van der Waals surface area contributed by atoms with E-state index >= 15 is 0 Å². The van der Waals surface area contributed by atoms with E-state index in [1.807, 2.05) is 30.3 Å². The molecular weight excluding hydrogens is 436 g/mol. The van der Waals surface area contributed by atoms with Crippen LogP contribution in [0.15, 0.2) is 66.7 Å². The molecule has 0 aliphatic carbocycles. The van der Waals surface area contributed by atoms with Gasteiger partial charge in [0, 0.05) is 23.1 Å². The standard InChI is InChI=1S/C30H34N2O3/c1-20(2)14-16-34-27-12-9-22(17-28(27)33-3)29-30-24(13-15-31-29)25-18-23(10-11-26(25)32-30)35-19-21-7-5-4-6-8-21/h4-12,17-18,20,29,31-32H,13-16,19H2,1-3H3. The lowest BCUT2D eigenvalue weighted by Gasteiger charge is -2.25. The Bertz CT molecular complexity index is 1280. The Labute approximate surface area is 207 Å². The van der Waals surface area contributed by atoms with Gasteiger partial charge in [-0.25, -0.2) is 0 Å². The number of aromatic nitrogens is 1. The van der Waals surface area contributed by atoms with Crippen LogP contribution in [-0.2, 0) is 13.0 Å². The summed E-state index contributed by atoms with van der Waals surface area (Å²) in [5.41, 5.74) is 6.02. The van der Waals surface area contributed by atoms with Crippen LogP contribution in [0.1, 0.15) is 48.7 Å². The van der Waals surface area contributed by atoms with E-state index in [2.05, 4.69) is 60.5 Å². The predicted octanol–water partition coefficient (Wildman–Crippen LogP) is 6.42. The van der Waals surface area contributed by atoms with Crippen molar-refractivity contribution in [3.8, 4) is 17.2 Å². The van der Waals surface area contributed by atoms with Gasteiger partial charge in [0.05, 0.1) is 19.8 Å². The quantitative estimate of drug-likeness (QED) is 0.297. The highest BCUT2D eigenvalue weighted by atomic mass is 16.5. The highest BCUT2D eigenvalue weighted by molar-refractivity contribution is 5.86. The molecule has 0 amide bonds. The molecule has 5 heteroatoms. The van der Waals surface area contributed by atoms with Crippen LogP contribution in [0.3, 0.4) is 0 Å². The molecule has 2 N–H and O–H groups in total. The predicted molar refractivity (Wildman–Crippen MR) is 141 cm³/mol. The summed E-state index contributed by atoms with van der Waals surface area (Å²) in [6, 6.07) is 22.9. The van der Waals surface area contributed by atoms with E-state index in [1.54, 1.807) is 7.11 Å². The number of aromatic amines is 1. The molecule has 5 rings (SSSR count). The molecule has 0 saturated heterocycles. The minimum absolute atomic E-state index is 0.0680. The fourth-order valence-corrected chi connectivity index (χ4v) is 4.71. The van der Waals surface area contributed by atoms with Crippen molar-refractivity contribution in [3.63, 3.8) is 0 Å². The third-order valence-electron chi connectivity index (χ3n) is 6.64. The van der Waals surface area contributed by atoms with Crippen LogP contribution in [0.5, 0.6) is 17.2 Å². The average Bonchev–Trinajstić information content (AvgIpc) is 3.26. The van der Waals surface area contributed by atoms with Gasteiger partial charge in [0.15, 0.2) is 11.5 Å². The molecular formula is C30H34N2O3. The zero-order valence-corrected chi connectivity index (χ0v) is 20.8. The maximum absolute atomic E-state index is 6.10. The summed E-state index contributed by atoms with van der Waals surface area (Å²) in [5, 5.41) is 4.92. The maximum Gasteiger partial charge on any atom is 0.161 e. The molecule has 182 valence electrons. The third kappa shape index (κ3) is 5.15. The van der Waals surface area contributed by atoms with Crippen LogP contribution in [0.25, 0.3) is 10.9 Å². The number of H-pyrrole nitrogens is 1. The number of hydrogen-bond donors (Lipinski definition) is 2. The van der Waals surface area contributed by atoms with Crippen molar-refractivity contribution in [3.05, 3.63) is 89.1 Å². The van der Waals surface area contributed by atoms with E-state index in [-0.39, 0.29) is 6.04 Å². The van der Waals surface area contributed by atoms with Crippen molar-refractivity contribution in [1.29, 1.82) is 0 Å². The van der Waals surface area contributed by atoms with E-state index in [0.717, 1.165) is 47.7 Å². The fraction of sp³-hybridized carbons (Fsp3) is 0.333. The van der Waals surface area contributed by atoms with Gasteiger partial charge >= 0.3 is 0 Å². The van der Waals surface area contributed by atoms with E-state index in [1.165, 1.54) is 22.2 Å². The van der Waals surface area contributed by atoms with Crippen LogP contribution >= 0.6 is 0 Å². The molecule has 0 fully saturated rings.